The molecule has 96 valence electrons. The first-order valence-electron chi connectivity index (χ1n) is 5.73. The molecule has 5 nitrogen and oxygen atoms in total. The molecule has 0 spiro atoms. The lowest BCUT2D eigenvalue weighted by molar-refractivity contribution is -0.0181. The van der Waals surface area contributed by atoms with Gasteiger partial charge in [-0.25, -0.2) is 4.98 Å². The van der Waals surface area contributed by atoms with Gasteiger partial charge < -0.3 is 14.9 Å². The van der Waals surface area contributed by atoms with E-state index >= 15 is 0 Å². The summed E-state index contributed by atoms with van der Waals surface area (Å²) in [5.41, 5.74) is 0.0836. The number of aliphatic hydroxyl groups is 1. The van der Waals surface area contributed by atoms with E-state index in [1.54, 1.807) is 27.6 Å². The number of aromatic nitrogens is 1. The SMILES string of the molecule is CB(OC(C)(C)C(C)O)c1cnc(O)c(C#N)c1. The number of aliphatic hydroxyl groups excluding tert-OH is 1. The van der Waals surface area contributed by atoms with E-state index in [1.165, 1.54) is 12.3 Å². The summed E-state index contributed by atoms with van der Waals surface area (Å²) < 4.78 is 5.74. The highest BCUT2D eigenvalue weighted by Crippen LogP contribution is 2.16. The Morgan fingerprint density at radius 3 is 2.67 bits per heavy atom. The predicted octanol–water partition coefficient (Wildman–Crippen LogP) is 0.663. The second kappa shape index (κ2) is 5.38. The van der Waals surface area contributed by atoms with Crippen LogP contribution in [-0.4, -0.2) is 33.8 Å². The number of nitrogens with zero attached hydrogens (tertiary/aromatic N) is 2. The average molecular weight is 248 g/mol. The minimum atomic E-state index is -0.704. The Morgan fingerprint density at radius 2 is 2.17 bits per heavy atom. The van der Waals surface area contributed by atoms with Crippen LogP contribution in [0.1, 0.15) is 26.3 Å². The Labute approximate surface area is 107 Å². The van der Waals surface area contributed by atoms with Gasteiger partial charge in [0.05, 0.1) is 11.7 Å². The Bertz CT molecular complexity index is 469. The van der Waals surface area contributed by atoms with Crippen molar-refractivity contribution in [2.45, 2.75) is 39.3 Å². The molecule has 0 bridgehead atoms. The van der Waals surface area contributed by atoms with Gasteiger partial charge >= 0.3 is 6.92 Å². The van der Waals surface area contributed by atoms with E-state index in [2.05, 4.69) is 4.98 Å². The molecule has 0 saturated heterocycles. The van der Waals surface area contributed by atoms with Gasteiger partial charge in [-0.05, 0) is 32.3 Å². The molecule has 1 aromatic rings. The van der Waals surface area contributed by atoms with Crippen LogP contribution in [0.25, 0.3) is 0 Å². The molecule has 18 heavy (non-hydrogen) atoms. The zero-order valence-electron chi connectivity index (χ0n) is 11.0. The normalized spacial score (nSPS) is 12.9. The van der Waals surface area contributed by atoms with Crippen molar-refractivity contribution in [3.63, 3.8) is 0 Å². The molecule has 1 aromatic heterocycles. The molecule has 0 aromatic carbocycles. The molecule has 0 saturated carbocycles. The summed E-state index contributed by atoms with van der Waals surface area (Å²) in [5, 5.41) is 27.7. The zero-order valence-corrected chi connectivity index (χ0v) is 11.0. The number of hydrogen-bond donors (Lipinski definition) is 2. The van der Waals surface area contributed by atoms with Crippen molar-refractivity contribution in [1.82, 2.24) is 4.98 Å². The predicted molar refractivity (Wildman–Crippen MR) is 68.7 cm³/mol. The first kappa shape index (κ1) is 14.5. The van der Waals surface area contributed by atoms with Gasteiger partial charge in [-0.2, -0.15) is 5.26 Å². The maximum atomic E-state index is 9.59. The first-order valence-corrected chi connectivity index (χ1v) is 5.73. The van der Waals surface area contributed by atoms with Crippen LogP contribution in [0.3, 0.4) is 0 Å². The molecule has 1 unspecified atom stereocenters. The standard InChI is InChI=1S/C12H17BN2O3/c1-8(16)12(2,3)18-13(4)10-5-9(6-14)11(17)15-7-10/h5,7-8,16H,1-4H3,(H,15,17). The van der Waals surface area contributed by atoms with E-state index in [4.69, 9.17) is 9.92 Å². The molecule has 1 rings (SSSR count). The van der Waals surface area contributed by atoms with Crippen molar-refractivity contribution in [3.05, 3.63) is 17.8 Å². The van der Waals surface area contributed by atoms with Crippen molar-refractivity contribution in [2.24, 2.45) is 0 Å². The van der Waals surface area contributed by atoms with Crippen LogP contribution in [0.5, 0.6) is 5.88 Å². The number of pyridine rings is 1. The fourth-order valence-corrected chi connectivity index (χ4v) is 1.40. The van der Waals surface area contributed by atoms with E-state index in [0.29, 0.717) is 5.46 Å². The minimum absolute atomic E-state index is 0.109. The minimum Gasteiger partial charge on any atom is -0.492 e. The van der Waals surface area contributed by atoms with Crippen LogP contribution in [0.4, 0.5) is 0 Å². The monoisotopic (exact) mass is 248 g/mol. The van der Waals surface area contributed by atoms with Crippen molar-refractivity contribution in [3.8, 4) is 11.9 Å². The van der Waals surface area contributed by atoms with Crippen LogP contribution in [0, 0.1) is 11.3 Å². The lowest BCUT2D eigenvalue weighted by atomic mass is 9.63. The highest BCUT2D eigenvalue weighted by atomic mass is 16.5. The van der Waals surface area contributed by atoms with Crippen molar-refractivity contribution >= 4 is 12.4 Å². The maximum absolute atomic E-state index is 9.59. The van der Waals surface area contributed by atoms with Crippen molar-refractivity contribution in [1.29, 1.82) is 5.26 Å². The Morgan fingerprint density at radius 1 is 1.56 bits per heavy atom. The van der Waals surface area contributed by atoms with Gasteiger partial charge in [-0.3, -0.25) is 0 Å². The maximum Gasteiger partial charge on any atom is 0.325 e. The number of hydrogen-bond acceptors (Lipinski definition) is 5. The van der Waals surface area contributed by atoms with Gasteiger partial charge in [-0.1, -0.05) is 6.82 Å². The molecule has 0 aliphatic rings. The van der Waals surface area contributed by atoms with Crippen LogP contribution in [0.15, 0.2) is 12.3 Å². The van der Waals surface area contributed by atoms with Crippen LogP contribution in [0.2, 0.25) is 6.82 Å². The smallest absolute Gasteiger partial charge is 0.325 e. The summed E-state index contributed by atoms with van der Waals surface area (Å²) in [6, 6.07) is 3.39. The summed E-state index contributed by atoms with van der Waals surface area (Å²) in [6.45, 7) is 6.69. The summed E-state index contributed by atoms with van der Waals surface area (Å²) in [7, 11) is 0. The summed E-state index contributed by atoms with van der Waals surface area (Å²) >= 11 is 0. The van der Waals surface area contributed by atoms with Crippen LogP contribution >= 0.6 is 0 Å². The second-order valence-corrected chi connectivity index (χ2v) is 4.79. The fraction of sp³-hybridized carbons (Fsp3) is 0.500. The zero-order chi connectivity index (χ0) is 13.9. The second-order valence-electron chi connectivity index (χ2n) is 4.79. The third kappa shape index (κ3) is 3.22. The molecule has 2 N–H and O–H groups in total. The molecule has 1 heterocycles. The Balaban J connectivity index is 2.92. The molecular weight excluding hydrogens is 231 g/mol. The Kier molecular flexibility index (Phi) is 4.33. The summed E-state index contributed by atoms with van der Waals surface area (Å²) in [5.74, 6) is -0.289. The topological polar surface area (TPSA) is 86.4 Å². The highest BCUT2D eigenvalue weighted by Gasteiger charge is 2.29. The van der Waals surface area contributed by atoms with E-state index in [1.807, 2.05) is 6.07 Å². The summed E-state index contributed by atoms with van der Waals surface area (Å²) in [4.78, 5) is 3.74. The van der Waals surface area contributed by atoms with Gasteiger partial charge in [0.1, 0.15) is 11.6 Å². The van der Waals surface area contributed by atoms with E-state index in [-0.39, 0.29) is 18.4 Å². The molecular formula is C12H17BN2O3. The average Bonchev–Trinajstić information content (AvgIpc) is 2.28. The number of nitriles is 1. The molecule has 0 fully saturated rings. The van der Waals surface area contributed by atoms with Gasteiger partial charge in [0.2, 0.25) is 5.88 Å². The van der Waals surface area contributed by atoms with Gasteiger partial charge in [0.15, 0.2) is 0 Å². The van der Waals surface area contributed by atoms with E-state index in [9.17, 15) is 10.2 Å². The molecule has 0 amide bonds. The largest absolute Gasteiger partial charge is 0.492 e. The number of aromatic hydroxyl groups is 1. The third-order valence-electron chi connectivity index (χ3n) is 2.96. The summed E-state index contributed by atoms with van der Waals surface area (Å²) in [6.07, 6.45) is 0.833. The van der Waals surface area contributed by atoms with E-state index < -0.39 is 11.7 Å². The van der Waals surface area contributed by atoms with Gasteiger partial charge in [0, 0.05) is 6.20 Å². The molecule has 0 aliphatic heterocycles. The molecule has 6 heteroatoms. The molecule has 1 atom stereocenters. The van der Waals surface area contributed by atoms with Crippen LogP contribution in [-0.2, 0) is 4.65 Å². The molecule has 0 radical (unpaired) electrons. The van der Waals surface area contributed by atoms with E-state index in [0.717, 1.165) is 0 Å². The van der Waals surface area contributed by atoms with Gasteiger partial charge in [-0.15, -0.1) is 0 Å². The molecule has 0 aliphatic carbocycles. The lowest BCUT2D eigenvalue weighted by Gasteiger charge is -2.31. The van der Waals surface area contributed by atoms with Crippen molar-refractivity contribution < 1.29 is 14.9 Å². The Hall–Kier alpha value is -1.58. The third-order valence-corrected chi connectivity index (χ3v) is 2.96. The quantitative estimate of drug-likeness (QED) is 0.764. The van der Waals surface area contributed by atoms with Crippen LogP contribution < -0.4 is 5.46 Å². The highest BCUT2D eigenvalue weighted by molar-refractivity contribution is 6.66. The van der Waals surface area contributed by atoms with Gasteiger partial charge in [0.25, 0.3) is 0 Å². The van der Waals surface area contributed by atoms with Crippen molar-refractivity contribution in [2.75, 3.05) is 0 Å². The number of rotatable bonds is 4. The fourth-order valence-electron chi connectivity index (χ4n) is 1.40. The first-order chi connectivity index (χ1) is 8.27. The lowest BCUT2D eigenvalue weighted by Crippen LogP contribution is -2.45.